The average Bonchev–Trinajstić information content (AvgIpc) is 3.17. The fourth-order valence-electron chi connectivity index (χ4n) is 8.59. The first-order valence-corrected chi connectivity index (χ1v) is 20.9. The maximum absolute atomic E-state index is 10.7. The molecule has 0 amide bonds. The van der Waals surface area contributed by atoms with Gasteiger partial charge in [0.2, 0.25) is 0 Å². The molecule has 0 saturated heterocycles. The minimum atomic E-state index is -2.20. The summed E-state index contributed by atoms with van der Waals surface area (Å²) in [6.07, 6.45) is 0. The summed E-state index contributed by atoms with van der Waals surface area (Å²) in [5.74, 6) is 3.84. The average molecular weight is 730 g/mol. The van der Waals surface area contributed by atoms with Crippen LogP contribution in [-0.4, -0.2) is 22.2 Å². The van der Waals surface area contributed by atoms with Crippen LogP contribution in [0.15, 0.2) is 108 Å². The fourth-order valence-corrected chi connectivity index (χ4v) is 13.8. The summed E-state index contributed by atoms with van der Waals surface area (Å²) >= 11 is 0. The lowest BCUT2D eigenvalue weighted by atomic mass is 9.80. The number of rotatable bonds is 7. The summed E-state index contributed by atoms with van der Waals surface area (Å²) in [5.41, 5.74) is 8.33. The van der Waals surface area contributed by atoms with Gasteiger partial charge in [0.25, 0.3) is 0 Å². The molecule has 6 rings (SSSR count). The van der Waals surface area contributed by atoms with Gasteiger partial charge >= 0.3 is 0 Å². The van der Waals surface area contributed by atoms with Gasteiger partial charge in [-0.15, -0.1) is 5.54 Å². The lowest BCUT2D eigenvalue weighted by Crippen LogP contribution is -2.43. The Morgan fingerprint density at radius 1 is 0.527 bits per heavy atom. The molecule has 0 aliphatic rings. The Morgan fingerprint density at radius 2 is 0.909 bits per heavy atom. The Bertz CT molecular complexity index is 2660. The molecule has 0 aliphatic heterocycles. The van der Waals surface area contributed by atoms with Gasteiger partial charge in [-0.2, -0.15) is 21.0 Å². The molecule has 268 valence electrons. The van der Waals surface area contributed by atoms with Gasteiger partial charge in [-0.1, -0.05) is 108 Å². The van der Waals surface area contributed by atoms with Crippen molar-refractivity contribution in [3.8, 4) is 35.7 Å². The molecule has 0 fully saturated rings. The van der Waals surface area contributed by atoms with Crippen LogP contribution in [0.25, 0.3) is 54.2 Å². The van der Waals surface area contributed by atoms with Crippen molar-refractivity contribution >= 4 is 68.0 Å². The maximum Gasteiger partial charge on any atom is 0.146 e. The van der Waals surface area contributed by atoms with Crippen LogP contribution in [0.3, 0.4) is 0 Å². The van der Waals surface area contributed by atoms with Crippen LogP contribution in [0.1, 0.15) is 58.2 Å². The second-order valence-electron chi connectivity index (χ2n) is 15.3. The first-order chi connectivity index (χ1) is 26.4. The molecule has 0 aliphatic carbocycles. The highest BCUT2D eigenvalue weighted by molar-refractivity contribution is 6.90. The fraction of sp³-hybridized carbons (Fsp3) is 0.224. The van der Waals surface area contributed by atoms with Gasteiger partial charge in [-0.3, -0.25) is 0 Å². The lowest BCUT2D eigenvalue weighted by molar-refractivity contribution is 0.838. The molecule has 6 heteroatoms. The first kappa shape index (κ1) is 38.1. The molecular formula is C49H43N5Si. The Labute approximate surface area is 325 Å². The van der Waals surface area contributed by atoms with Crippen LogP contribution in [0.4, 0.5) is 5.69 Å². The van der Waals surface area contributed by atoms with Gasteiger partial charge in [0.15, 0.2) is 0 Å². The minimum absolute atomic E-state index is 0.191. The highest BCUT2D eigenvalue weighted by atomic mass is 28.3. The third-order valence-corrected chi connectivity index (χ3v) is 17.5. The summed E-state index contributed by atoms with van der Waals surface area (Å²) in [6.45, 7) is 13.9. The zero-order valence-electron chi connectivity index (χ0n) is 32.7. The molecular weight excluding hydrogens is 687 g/mol. The number of nitrogens with zero attached hydrogens (tertiary/aromatic N) is 5. The lowest BCUT2D eigenvalue weighted by Gasteiger charge is -2.38. The number of fused-ring (bicyclic) bond motifs is 4. The van der Waals surface area contributed by atoms with Crippen molar-refractivity contribution in [1.29, 1.82) is 21.0 Å². The second kappa shape index (κ2) is 15.4. The topological polar surface area (TPSA) is 98.4 Å². The number of anilines is 1. The van der Waals surface area contributed by atoms with E-state index in [9.17, 15) is 21.0 Å². The number of allylic oxidation sites excluding steroid dienone is 4. The summed E-state index contributed by atoms with van der Waals surface area (Å²) in [4.78, 5) is 1.96. The molecule has 5 nitrogen and oxygen atoms in total. The Hall–Kier alpha value is -6.62. The minimum Gasteiger partial charge on any atom is -0.378 e. The van der Waals surface area contributed by atoms with Crippen molar-refractivity contribution in [1.82, 2.24) is 0 Å². The molecule has 6 aromatic rings. The van der Waals surface area contributed by atoms with E-state index in [-0.39, 0.29) is 22.3 Å². The van der Waals surface area contributed by atoms with E-state index in [0.717, 1.165) is 54.3 Å². The van der Waals surface area contributed by atoms with Crippen LogP contribution in [-0.2, 0) is 0 Å². The molecule has 0 atom stereocenters. The maximum atomic E-state index is 10.7. The van der Waals surface area contributed by atoms with Crippen molar-refractivity contribution < 1.29 is 0 Å². The van der Waals surface area contributed by atoms with Crippen LogP contribution < -0.4 is 4.90 Å². The van der Waals surface area contributed by atoms with Crippen LogP contribution in [0.2, 0.25) is 16.6 Å². The van der Waals surface area contributed by atoms with Crippen molar-refractivity contribution in [3.63, 3.8) is 0 Å². The van der Waals surface area contributed by atoms with Crippen LogP contribution in [0.5, 0.6) is 0 Å². The second-order valence-corrected chi connectivity index (χ2v) is 20.9. The van der Waals surface area contributed by atoms with E-state index >= 15 is 0 Å². The summed E-state index contributed by atoms with van der Waals surface area (Å²) in [7, 11) is 1.67. The van der Waals surface area contributed by atoms with E-state index in [1.165, 1.54) is 0 Å². The molecule has 0 heterocycles. The molecule has 0 N–H and O–H groups in total. The Balaban J connectivity index is 1.93. The highest BCUT2D eigenvalue weighted by Crippen LogP contribution is 2.47. The van der Waals surface area contributed by atoms with Crippen molar-refractivity contribution in [2.45, 2.75) is 58.2 Å². The Morgan fingerprint density at radius 3 is 1.27 bits per heavy atom. The van der Waals surface area contributed by atoms with E-state index in [0.29, 0.717) is 27.8 Å². The van der Waals surface area contributed by atoms with E-state index in [1.807, 2.05) is 79.7 Å². The molecule has 0 saturated carbocycles. The smallest absolute Gasteiger partial charge is 0.146 e. The number of hydrogen-bond donors (Lipinski definition) is 0. The van der Waals surface area contributed by atoms with E-state index in [1.54, 1.807) is 0 Å². The SMILES string of the molecule is CC(C)[Si](C#Cc1c2cc3ccccc3cc2c(C(=C(C#N)C#N)C(=C(C#N)C#N)c2ccc(N(C)C)cc2)c2cc3ccccc3cc12)(C(C)C)C(C)C. The largest absolute Gasteiger partial charge is 0.378 e. The van der Waals surface area contributed by atoms with E-state index < -0.39 is 8.07 Å². The third-order valence-electron chi connectivity index (χ3n) is 11.2. The van der Waals surface area contributed by atoms with Gasteiger partial charge in [0.1, 0.15) is 43.5 Å². The standard InChI is InChI=1S/C49H43N5Si/c1-31(2)55(32(3)4,33(5)6)22-21-42-43-23-35-13-9-11-15-37(35)25-45(43)49(46-26-38-16-12-10-14-36(38)24-44(42)46)48(40(29-52)30-53)47(39(27-50)28-51)34-17-19-41(20-18-34)54(7)8/h9-20,23-26,31-33H,1-8H3. The quantitative estimate of drug-likeness (QED) is 0.0535. The monoisotopic (exact) mass is 729 g/mol. The molecule has 0 spiro atoms. The number of benzene rings is 6. The van der Waals surface area contributed by atoms with Gasteiger partial charge in [-0.05, 0) is 102 Å². The van der Waals surface area contributed by atoms with Crippen molar-refractivity contribution in [3.05, 3.63) is 125 Å². The van der Waals surface area contributed by atoms with Gasteiger partial charge < -0.3 is 4.90 Å². The van der Waals surface area contributed by atoms with Gasteiger partial charge in [0.05, 0.1) is 0 Å². The molecule has 0 radical (unpaired) electrons. The van der Waals surface area contributed by atoms with E-state index in [4.69, 9.17) is 0 Å². The zero-order valence-corrected chi connectivity index (χ0v) is 33.7. The molecule has 55 heavy (non-hydrogen) atoms. The summed E-state index contributed by atoms with van der Waals surface area (Å²) < 4.78 is 0. The predicted molar refractivity (Wildman–Crippen MR) is 231 cm³/mol. The molecule has 0 bridgehead atoms. The summed E-state index contributed by atoms with van der Waals surface area (Å²) in [6, 6.07) is 40.9. The normalized spacial score (nSPS) is 11.2. The molecule has 6 aromatic carbocycles. The van der Waals surface area contributed by atoms with Crippen LogP contribution in [0, 0.1) is 56.8 Å². The van der Waals surface area contributed by atoms with Crippen molar-refractivity contribution in [2.75, 3.05) is 19.0 Å². The van der Waals surface area contributed by atoms with Crippen molar-refractivity contribution in [2.24, 2.45) is 0 Å². The van der Waals surface area contributed by atoms with Gasteiger partial charge in [-0.25, -0.2) is 0 Å². The number of nitriles is 4. The van der Waals surface area contributed by atoms with Crippen LogP contribution >= 0.6 is 0 Å². The number of hydrogen-bond acceptors (Lipinski definition) is 5. The van der Waals surface area contributed by atoms with Gasteiger partial charge in [0, 0.05) is 42.1 Å². The third kappa shape index (κ3) is 6.62. The van der Waals surface area contributed by atoms with E-state index in [2.05, 4.69) is 114 Å². The molecule has 0 aromatic heterocycles. The predicted octanol–water partition coefficient (Wildman–Crippen LogP) is 12.2. The first-order valence-electron chi connectivity index (χ1n) is 18.6. The highest BCUT2D eigenvalue weighted by Gasteiger charge is 2.42. The zero-order chi connectivity index (χ0) is 39.6. The Kier molecular flexibility index (Phi) is 10.7. The molecule has 0 unspecified atom stereocenters. The summed E-state index contributed by atoms with van der Waals surface area (Å²) in [5, 5.41) is 49.8.